The summed E-state index contributed by atoms with van der Waals surface area (Å²) in [6.07, 6.45) is 0. The molecule has 3 N–H and O–H groups in total. The fourth-order valence-corrected chi connectivity index (χ4v) is 2.42. The maximum Gasteiger partial charge on any atom is 0.256 e. The van der Waals surface area contributed by atoms with Crippen LogP contribution < -0.4 is 16.0 Å². The Bertz CT molecular complexity index is 791. The van der Waals surface area contributed by atoms with Crippen molar-refractivity contribution in [1.82, 2.24) is 10.6 Å². The van der Waals surface area contributed by atoms with Crippen LogP contribution in [0, 0.1) is 24.4 Å². The molecule has 1 saturated heterocycles. The number of aryl methyl sites for hydroxylation is 1. The SMILES string of the molecule is Cc1ccc(Nc2cc(F)cc(F)c2C(=O)NC2CNC2)c(F)c1. The molecule has 0 atom stereocenters. The summed E-state index contributed by atoms with van der Waals surface area (Å²) in [4.78, 5) is 12.3. The molecule has 1 fully saturated rings. The number of anilines is 2. The third-order valence-electron chi connectivity index (χ3n) is 3.79. The second-order valence-electron chi connectivity index (χ2n) is 5.75. The molecule has 2 aromatic rings. The van der Waals surface area contributed by atoms with Gasteiger partial charge in [0.25, 0.3) is 5.91 Å². The molecule has 1 amide bonds. The van der Waals surface area contributed by atoms with E-state index in [0.29, 0.717) is 24.7 Å². The van der Waals surface area contributed by atoms with Crippen LogP contribution in [0.2, 0.25) is 0 Å². The lowest BCUT2D eigenvalue weighted by atomic mass is 10.1. The van der Waals surface area contributed by atoms with Crippen molar-refractivity contribution in [3.05, 3.63) is 58.9 Å². The maximum atomic E-state index is 14.2. The second kappa shape index (κ2) is 6.52. The first-order chi connectivity index (χ1) is 11.4. The molecule has 0 unspecified atom stereocenters. The van der Waals surface area contributed by atoms with Crippen molar-refractivity contribution >= 4 is 17.3 Å². The Morgan fingerprint density at radius 1 is 1.08 bits per heavy atom. The van der Waals surface area contributed by atoms with Gasteiger partial charge in [0.05, 0.1) is 23.0 Å². The van der Waals surface area contributed by atoms with Gasteiger partial charge in [-0.3, -0.25) is 4.79 Å². The average Bonchev–Trinajstić information content (AvgIpc) is 2.45. The summed E-state index contributed by atoms with van der Waals surface area (Å²) in [6.45, 7) is 2.90. The monoisotopic (exact) mass is 335 g/mol. The van der Waals surface area contributed by atoms with Crippen LogP contribution in [0.3, 0.4) is 0 Å². The zero-order valence-electron chi connectivity index (χ0n) is 12.9. The molecule has 0 aliphatic carbocycles. The summed E-state index contributed by atoms with van der Waals surface area (Å²) in [5.41, 5.74) is 0.271. The predicted octanol–water partition coefficient (Wildman–Crippen LogP) is 2.86. The Morgan fingerprint density at radius 3 is 2.46 bits per heavy atom. The number of hydrogen-bond donors (Lipinski definition) is 3. The number of amides is 1. The van der Waals surface area contributed by atoms with Crippen molar-refractivity contribution in [2.45, 2.75) is 13.0 Å². The van der Waals surface area contributed by atoms with E-state index in [0.717, 1.165) is 6.07 Å². The molecule has 1 aliphatic rings. The van der Waals surface area contributed by atoms with Crippen LogP contribution in [0.15, 0.2) is 30.3 Å². The van der Waals surface area contributed by atoms with Gasteiger partial charge in [0.15, 0.2) is 0 Å². The normalized spacial score (nSPS) is 14.2. The molecular weight excluding hydrogens is 319 g/mol. The van der Waals surface area contributed by atoms with Crippen LogP contribution in [-0.2, 0) is 0 Å². The van der Waals surface area contributed by atoms with Gasteiger partial charge in [-0.1, -0.05) is 6.07 Å². The van der Waals surface area contributed by atoms with Crippen molar-refractivity contribution in [2.75, 3.05) is 18.4 Å². The molecule has 2 aromatic carbocycles. The highest BCUT2D eigenvalue weighted by atomic mass is 19.1. The third kappa shape index (κ3) is 3.35. The maximum absolute atomic E-state index is 14.2. The lowest BCUT2D eigenvalue weighted by Gasteiger charge is -2.28. The first-order valence-corrected chi connectivity index (χ1v) is 7.48. The Kier molecular flexibility index (Phi) is 4.44. The summed E-state index contributed by atoms with van der Waals surface area (Å²) >= 11 is 0. The van der Waals surface area contributed by atoms with Crippen LogP contribution in [0.4, 0.5) is 24.5 Å². The molecule has 0 spiro atoms. The molecule has 0 radical (unpaired) electrons. The van der Waals surface area contributed by atoms with E-state index in [9.17, 15) is 18.0 Å². The highest BCUT2D eigenvalue weighted by molar-refractivity contribution is 6.00. The Labute approximate surface area is 137 Å². The predicted molar refractivity (Wildman–Crippen MR) is 84.9 cm³/mol. The number of halogens is 3. The molecule has 126 valence electrons. The molecule has 0 aromatic heterocycles. The minimum absolute atomic E-state index is 0.0324. The van der Waals surface area contributed by atoms with Crippen LogP contribution in [-0.4, -0.2) is 25.0 Å². The van der Waals surface area contributed by atoms with Gasteiger partial charge in [-0.2, -0.15) is 0 Å². The fourth-order valence-electron chi connectivity index (χ4n) is 2.42. The van der Waals surface area contributed by atoms with Gasteiger partial charge in [0.2, 0.25) is 0 Å². The first kappa shape index (κ1) is 16.3. The minimum Gasteiger partial charge on any atom is -0.352 e. The van der Waals surface area contributed by atoms with Gasteiger partial charge in [0, 0.05) is 19.2 Å². The second-order valence-corrected chi connectivity index (χ2v) is 5.75. The number of hydrogen-bond acceptors (Lipinski definition) is 3. The highest BCUT2D eigenvalue weighted by Crippen LogP contribution is 2.27. The number of benzene rings is 2. The minimum atomic E-state index is -1.00. The summed E-state index contributed by atoms with van der Waals surface area (Å²) < 4.78 is 41.7. The van der Waals surface area contributed by atoms with Gasteiger partial charge < -0.3 is 16.0 Å². The molecule has 7 heteroatoms. The first-order valence-electron chi connectivity index (χ1n) is 7.48. The van der Waals surface area contributed by atoms with Crippen LogP contribution >= 0.6 is 0 Å². The van der Waals surface area contributed by atoms with E-state index in [-0.39, 0.29) is 23.0 Å². The molecule has 1 aliphatic heterocycles. The summed E-state index contributed by atoms with van der Waals surface area (Å²) in [6, 6.07) is 5.88. The highest BCUT2D eigenvalue weighted by Gasteiger charge is 2.24. The lowest BCUT2D eigenvalue weighted by Crippen LogP contribution is -2.57. The van der Waals surface area contributed by atoms with Gasteiger partial charge in [0.1, 0.15) is 17.5 Å². The topological polar surface area (TPSA) is 53.2 Å². The number of rotatable bonds is 4. The van der Waals surface area contributed by atoms with E-state index in [1.54, 1.807) is 13.0 Å². The van der Waals surface area contributed by atoms with Crippen molar-refractivity contribution in [3.63, 3.8) is 0 Å². The van der Waals surface area contributed by atoms with E-state index >= 15 is 0 Å². The summed E-state index contributed by atoms with van der Waals surface area (Å²) in [5, 5.41) is 8.23. The quantitative estimate of drug-likeness (QED) is 0.805. The van der Waals surface area contributed by atoms with Gasteiger partial charge in [-0.25, -0.2) is 13.2 Å². The van der Waals surface area contributed by atoms with Crippen LogP contribution in [0.1, 0.15) is 15.9 Å². The standard InChI is InChI=1S/C17H16F3N3O/c1-9-2-3-14(12(19)4-9)23-15-6-10(18)5-13(20)16(15)17(24)22-11-7-21-8-11/h2-6,11,21,23H,7-8H2,1H3,(H,22,24). The summed E-state index contributed by atoms with van der Waals surface area (Å²) in [7, 11) is 0. The molecule has 24 heavy (non-hydrogen) atoms. The zero-order valence-corrected chi connectivity index (χ0v) is 12.9. The number of carbonyl (C=O) groups excluding carboxylic acids is 1. The van der Waals surface area contributed by atoms with E-state index in [2.05, 4.69) is 16.0 Å². The largest absolute Gasteiger partial charge is 0.352 e. The van der Waals surface area contributed by atoms with Gasteiger partial charge in [-0.15, -0.1) is 0 Å². The van der Waals surface area contributed by atoms with Crippen LogP contribution in [0.5, 0.6) is 0 Å². The number of carbonyl (C=O) groups is 1. The van der Waals surface area contributed by atoms with Crippen LogP contribution in [0.25, 0.3) is 0 Å². The van der Waals surface area contributed by atoms with Crippen molar-refractivity contribution < 1.29 is 18.0 Å². The molecule has 0 bridgehead atoms. The Hall–Kier alpha value is -2.54. The van der Waals surface area contributed by atoms with Crippen molar-refractivity contribution in [2.24, 2.45) is 0 Å². The molecule has 4 nitrogen and oxygen atoms in total. The van der Waals surface area contributed by atoms with E-state index in [1.165, 1.54) is 12.1 Å². The van der Waals surface area contributed by atoms with Crippen molar-refractivity contribution in [3.8, 4) is 0 Å². The van der Waals surface area contributed by atoms with Gasteiger partial charge in [-0.05, 0) is 30.7 Å². The molecule has 0 saturated carbocycles. The zero-order chi connectivity index (χ0) is 17.3. The molecular formula is C17H16F3N3O. The molecule has 3 rings (SSSR count). The summed E-state index contributed by atoms with van der Waals surface area (Å²) in [5.74, 6) is -3.11. The van der Waals surface area contributed by atoms with E-state index in [1.807, 2.05) is 0 Å². The molecule has 1 heterocycles. The number of nitrogens with one attached hydrogen (secondary N) is 3. The third-order valence-corrected chi connectivity index (χ3v) is 3.79. The van der Waals surface area contributed by atoms with Gasteiger partial charge >= 0.3 is 0 Å². The Balaban J connectivity index is 1.94. The lowest BCUT2D eigenvalue weighted by molar-refractivity contribution is 0.0920. The van der Waals surface area contributed by atoms with Crippen molar-refractivity contribution in [1.29, 1.82) is 0 Å². The average molecular weight is 335 g/mol. The van der Waals surface area contributed by atoms with E-state index < -0.39 is 23.4 Å². The fraction of sp³-hybridized carbons (Fsp3) is 0.235. The Morgan fingerprint density at radius 2 is 1.83 bits per heavy atom. The smallest absolute Gasteiger partial charge is 0.256 e. The van der Waals surface area contributed by atoms with E-state index in [4.69, 9.17) is 0 Å².